The van der Waals surface area contributed by atoms with Crippen LogP contribution in [0.5, 0.6) is 0 Å². The fourth-order valence-corrected chi connectivity index (χ4v) is 3.61. The van der Waals surface area contributed by atoms with Crippen molar-refractivity contribution in [2.24, 2.45) is 0 Å². The fourth-order valence-electron chi connectivity index (χ4n) is 3.61. The molecule has 0 saturated carbocycles. The Morgan fingerprint density at radius 1 is 1.09 bits per heavy atom. The summed E-state index contributed by atoms with van der Waals surface area (Å²) in [4.78, 5) is 17.1. The minimum atomic E-state index is -4.89. The van der Waals surface area contributed by atoms with Gasteiger partial charge in [-0.25, -0.2) is 13.6 Å². The van der Waals surface area contributed by atoms with Crippen molar-refractivity contribution in [3.05, 3.63) is 65.6 Å². The zero-order valence-corrected chi connectivity index (χ0v) is 16.2. The van der Waals surface area contributed by atoms with Crippen LogP contribution in [0.15, 0.2) is 47.0 Å². The number of alkyl halides is 3. The third kappa shape index (κ3) is 4.07. The topological polar surface area (TPSA) is 82.7 Å². The second-order valence-corrected chi connectivity index (χ2v) is 7.06. The number of hydrogen-bond acceptors (Lipinski definition) is 5. The second kappa shape index (κ2) is 8.09. The van der Waals surface area contributed by atoms with E-state index in [1.807, 2.05) is 0 Å². The Kier molecular flexibility index (Phi) is 5.45. The van der Waals surface area contributed by atoms with Crippen molar-refractivity contribution in [1.82, 2.24) is 15.0 Å². The maximum Gasteiger partial charge on any atom is 0.471 e. The molecule has 7 nitrogen and oxygen atoms in total. The predicted octanol–water partition coefficient (Wildman–Crippen LogP) is 4.57. The molecule has 1 atom stereocenters. The number of aromatic nitrogens is 2. The molecule has 1 saturated heterocycles. The Balaban J connectivity index is 1.72. The van der Waals surface area contributed by atoms with Gasteiger partial charge in [-0.3, -0.25) is 0 Å². The normalized spacial score (nSPS) is 17.0. The Labute approximate surface area is 177 Å². The predicted molar refractivity (Wildman–Crippen MR) is 101 cm³/mol. The number of rotatable bonds is 3. The number of carbonyl (C=O) groups is 1. The van der Waals surface area contributed by atoms with E-state index in [-0.39, 0.29) is 25.2 Å². The highest BCUT2D eigenvalue weighted by Crippen LogP contribution is 2.37. The molecule has 0 aliphatic carbocycles. The summed E-state index contributed by atoms with van der Waals surface area (Å²) in [6.07, 6.45) is -6.05. The Bertz CT molecular complexity index is 1110. The highest BCUT2D eigenvalue weighted by molar-refractivity contribution is 5.67. The zero-order chi connectivity index (χ0) is 23.0. The van der Waals surface area contributed by atoms with Crippen LogP contribution in [-0.4, -0.2) is 45.9 Å². The van der Waals surface area contributed by atoms with E-state index in [1.54, 1.807) is 30.3 Å². The van der Waals surface area contributed by atoms with Gasteiger partial charge in [0.15, 0.2) is 0 Å². The van der Waals surface area contributed by atoms with E-state index >= 15 is 8.78 Å². The van der Waals surface area contributed by atoms with Crippen LogP contribution < -0.4 is 4.90 Å². The molecule has 1 fully saturated rings. The number of anilines is 1. The minimum Gasteiger partial charge on any atom is -0.465 e. The van der Waals surface area contributed by atoms with Gasteiger partial charge in [-0.2, -0.15) is 18.2 Å². The monoisotopic (exact) mass is 454 g/mol. The summed E-state index contributed by atoms with van der Waals surface area (Å²) >= 11 is 0. The highest BCUT2D eigenvalue weighted by atomic mass is 19.4. The number of halogens is 5. The van der Waals surface area contributed by atoms with Crippen molar-refractivity contribution in [2.75, 3.05) is 24.5 Å². The maximum atomic E-state index is 15.0. The molecule has 2 heterocycles. The number of amides is 1. The molecule has 0 spiro atoms. The van der Waals surface area contributed by atoms with E-state index in [4.69, 9.17) is 0 Å². The van der Waals surface area contributed by atoms with Crippen LogP contribution in [0.1, 0.15) is 17.5 Å². The highest BCUT2D eigenvalue weighted by Gasteiger charge is 2.39. The summed E-state index contributed by atoms with van der Waals surface area (Å²) in [5.41, 5.74) is -0.107. The molecule has 0 bridgehead atoms. The van der Waals surface area contributed by atoms with Crippen LogP contribution >= 0.6 is 0 Å². The van der Waals surface area contributed by atoms with Gasteiger partial charge in [-0.15, -0.1) is 0 Å². The van der Waals surface area contributed by atoms with Crippen molar-refractivity contribution in [3.8, 4) is 11.4 Å². The van der Waals surface area contributed by atoms with E-state index in [0.717, 1.165) is 17.0 Å². The summed E-state index contributed by atoms with van der Waals surface area (Å²) in [6.45, 7) is -0.0156. The number of piperazine rings is 1. The molecule has 32 heavy (non-hydrogen) atoms. The lowest BCUT2D eigenvalue weighted by atomic mass is 10.0. The average molecular weight is 454 g/mol. The molecule has 1 aromatic heterocycles. The first kappa shape index (κ1) is 21.5. The van der Waals surface area contributed by atoms with E-state index in [9.17, 15) is 23.1 Å². The average Bonchev–Trinajstić information content (AvgIpc) is 3.25. The lowest BCUT2D eigenvalue weighted by Gasteiger charge is -2.42. The second-order valence-electron chi connectivity index (χ2n) is 7.06. The first-order valence-corrected chi connectivity index (χ1v) is 9.35. The zero-order valence-electron chi connectivity index (χ0n) is 16.2. The smallest absolute Gasteiger partial charge is 0.465 e. The Hall–Kier alpha value is -3.70. The van der Waals surface area contributed by atoms with Crippen LogP contribution in [0.4, 0.5) is 32.4 Å². The molecule has 1 N–H and O–H groups in total. The summed E-state index contributed by atoms with van der Waals surface area (Å²) in [5, 5.41) is 12.5. The number of hydrogen-bond donors (Lipinski definition) is 1. The fraction of sp³-hybridized carbons (Fsp3) is 0.250. The maximum absolute atomic E-state index is 15.0. The van der Waals surface area contributed by atoms with Crippen molar-refractivity contribution in [3.63, 3.8) is 0 Å². The van der Waals surface area contributed by atoms with Gasteiger partial charge in [0.2, 0.25) is 5.82 Å². The molecule has 4 rings (SSSR count). The van der Waals surface area contributed by atoms with Gasteiger partial charge in [0, 0.05) is 25.2 Å². The molecule has 2 aromatic carbocycles. The number of benzene rings is 2. The van der Waals surface area contributed by atoms with Crippen molar-refractivity contribution < 1.29 is 36.4 Å². The third-order valence-corrected chi connectivity index (χ3v) is 5.07. The number of nitrogens with zero attached hydrogens (tertiary/aromatic N) is 4. The molecular weight excluding hydrogens is 439 g/mol. The van der Waals surface area contributed by atoms with Gasteiger partial charge >= 0.3 is 18.2 Å². The van der Waals surface area contributed by atoms with Crippen LogP contribution in [0.25, 0.3) is 11.4 Å². The molecule has 0 unspecified atom stereocenters. The van der Waals surface area contributed by atoms with E-state index in [1.165, 1.54) is 4.90 Å². The standard InChI is InChI=1S/C20H15F5N4O3/c21-13-8-12(17-26-18(32-27-17)20(23,24)25)9-14(22)16(13)29-7-6-28(19(30)31)10-15(29)11-4-2-1-3-5-11/h1-5,8-9,15H,6-7,10H2,(H,30,31)/t15-/m1/s1. The first-order chi connectivity index (χ1) is 15.1. The van der Waals surface area contributed by atoms with Gasteiger partial charge in [0.1, 0.15) is 17.3 Å². The van der Waals surface area contributed by atoms with Gasteiger partial charge in [-0.05, 0) is 17.7 Å². The van der Waals surface area contributed by atoms with Gasteiger partial charge < -0.3 is 19.4 Å². The van der Waals surface area contributed by atoms with Crippen molar-refractivity contribution >= 4 is 11.8 Å². The summed E-state index contributed by atoms with van der Waals surface area (Å²) in [7, 11) is 0. The summed E-state index contributed by atoms with van der Waals surface area (Å²) in [5.74, 6) is -4.35. The summed E-state index contributed by atoms with van der Waals surface area (Å²) in [6, 6.07) is 9.56. The van der Waals surface area contributed by atoms with Gasteiger partial charge in [-0.1, -0.05) is 35.5 Å². The van der Waals surface area contributed by atoms with Crippen molar-refractivity contribution in [2.45, 2.75) is 12.2 Å². The van der Waals surface area contributed by atoms with Crippen LogP contribution in [-0.2, 0) is 6.18 Å². The molecule has 168 valence electrons. The SMILES string of the molecule is O=C(O)N1CCN(c2c(F)cc(-c3noc(C(F)(F)F)n3)cc2F)[C@@H](c2ccccc2)C1. The molecular formula is C20H15F5N4O3. The Morgan fingerprint density at radius 3 is 2.31 bits per heavy atom. The summed E-state index contributed by atoms with van der Waals surface area (Å²) < 4.78 is 72.2. The van der Waals surface area contributed by atoms with Crippen LogP contribution in [0.2, 0.25) is 0 Å². The molecule has 3 aromatic rings. The molecule has 1 aliphatic rings. The first-order valence-electron chi connectivity index (χ1n) is 9.35. The van der Waals surface area contributed by atoms with E-state index in [2.05, 4.69) is 14.7 Å². The van der Waals surface area contributed by atoms with E-state index < -0.39 is 47.3 Å². The van der Waals surface area contributed by atoms with Crippen LogP contribution in [0, 0.1) is 11.6 Å². The Morgan fingerprint density at radius 2 is 1.75 bits per heavy atom. The van der Waals surface area contributed by atoms with Gasteiger partial charge in [0.25, 0.3) is 0 Å². The molecule has 1 amide bonds. The molecule has 12 heteroatoms. The quantitative estimate of drug-likeness (QED) is 0.584. The lowest BCUT2D eigenvalue weighted by molar-refractivity contribution is -0.159. The largest absolute Gasteiger partial charge is 0.471 e. The molecule has 0 radical (unpaired) electrons. The number of carboxylic acid groups (broad SMARTS) is 1. The third-order valence-electron chi connectivity index (χ3n) is 5.07. The molecule has 1 aliphatic heterocycles. The van der Waals surface area contributed by atoms with Crippen LogP contribution in [0.3, 0.4) is 0 Å². The van der Waals surface area contributed by atoms with Crippen molar-refractivity contribution in [1.29, 1.82) is 0 Å². The minimum absolute atomic E-state index is 0.000516. The lowest BCUT2D eigenvalue weighted by Crippen LogP contribution is -2.50. The van der Waals surface area contributed by atoms with Gasteiger partial charge in [0.05, 0.1) is 6.04 Å². The van der Waals surface area contributed by atoms with E-state index in [0.29, 0.717) is 5.56 Å².